The standard InChI is InChI=1S/C14H22N2O2/c1-11(8-9-18-2)16-14(17)13(15)10-12-6-4-3-5-7-12/h3-7,11,13H,8-10,15H2,1-2H3,(H,16,17)/t11?,13-/m1/s1. The summed E-state index contributed by atoms with van der Waals surface area (Å²) in [7, 11) is 1.65. The van der Waals surface area contributed by atoms with E-state index in [0.29, 0.717) is 13.0 Å². The van der Waals surface area contributed by atoms with Gasteiger partial charge in [0.05, 0.1) is 6.04 Å². The number of nitrogens with two attached hydrogens (primary N) is 1. The Morgan fingerprint density at radius 3 is 2.67 bits per heavy atom. The molecule has 0 heterocycles. The summed E-state index contributed by atoms with van der Waals surface area (Å²) in [6, 6.07) is 9.37. The SMILES string of the molecule is COCCC(C)NC(=O)[C@H](N)Cc1ccccc1. The molecule has 0 saturated heterocycles. The number of methoxy groups -OCH3 is 1. The van der Waals surface area contributed by atoms with Gasteiger partial charge in [0, 0.05) is 19.8 Å². The third-order valence-electron chi connectivity index (χ3n) is 2.78. The lowest BCUT2D eigenvalue weighted by Gasteiger charge is -2.17. The number of hydrogen-bond donors (Lipinski definition) is 2. The third kappa shape index (κ3) is 5.29. The molecule has 1 amide bonds. The van der Waals surface area contributed by atoms with Crippen molar-refractivity contribution in [1.29, 1.82) is 0 Å². The maximum absolute atomic E-state index is 11.8. The van der Waals surface area contributed by atoms with Gasteiger partial charge in [-0.25, -0.2) is 0 Å². The molecule has 3 N–H and O–H groups in total. The number of carbonyl (C=O) groups excluding carboxylic acids is 1. The molecule has 0 aliphatic heterocycles. The summed E-state index contributed by atoms with van der Waals surface area (Å²) in [5.74, 6) is -0.109. The molecule has 0 bridgehead atoms. The van der Waals surface area contributed by atoms with Gasteiger partial charge in [0.15, 0.2) is 0 Å². The Kier molecular flexibility index (Phi) is 6.39. The molecule has 1 aromatic carbocycles. The zero-order valence-corrected chi connectivity index (χ0v) is 11.1. The Hall–Kier alpha value is -1.39. The van der Waals surface area contributed by atoms with Gasteiger partial charge >= 0.3 is 0 Å². The molecule has 1 unspecified atom stereocenters. The van der Waals surface area contributed by atoms with E-state index in [9.17, 15) is 4.79 Å². The molecule has 0 fully saturated rings. The minimum atomic E-state index is -0.502. The van der Waals surface area contributed by atoms with E-state index < -0.39 is 6.04 Å². The van der Waals surface area contributed by atoms with Crippen molar-refractivity contribution in [3.8, 4) is 0 Å². The fourth-order valence-corrected chi connectivity index (χ4v) is 1.68. The van der Waals surface area contributed by atoms with E-state index in [4.69, 9.17) is 10.5 Å². The molecule has 2 atom stereocenters. The minimum Gasteiger partial charge on any atom is -0.385 e. The average Bonchev–Trinajstić information content (AvgIpc) is 2.37. The van der Waals surface area contributed by atoms with Crippen LogP contribution in [0.5, 0.6) is 0 Å². The highest BCUT2D eigenvalue weighted by atomic mass is 16.5. The van der Waals surface area contributed by atoms with Gasteiger partial charge in [-0.1, -0.05) is 30.3 Å². The molecular weight excluding hydrogens is 228 g/mol. The van der Waals surface area contributed by atoms with Crippen LogP contribution in [0.15, 0.2) is 30.3 Å². The smallest absolute Gasteiger partial charge is 0.237 e. The highest BCUT2D eigenvalue weighted by molar-refractivity contribution is 5.82. The van der Waals surface area contributed by atoms with Crippen LogP contribution in [0.2, 0.25) is 0 Å². The maximum Gasteiger partial charge on any atom is 0.237 e. The monoisotopic (exact) mass is 250 g/mol. The van der Waals surface area contributed by atoms with Crippen molar-refractivity contribution >= 4 is 5.91 Å². The van der Waals surface area contributed by atoms with Crippen LogP contribution < -0.4 is 11.1 Å². The molecule has 1 rings (SSSR count). The number of carbonyl (C=O) groups is 1. The summed E-state index contributed by atoms with van der Waals surface area (Å²) < 4.78 is 4.97. The second-order valence-corrected chi connectivity index (χ2v) is 4.49. The Bertz CT molecular complexity index is 354. The van der Waals surface area contributed by atoms with Crippen molar-refractivity contribution < 1.29 is 9.53 Å². The van der Waals surface area contributed by atoms with E-state index in [0.717, 1.165) is 12.0 Å². The molecule has 0 spiro atoms. The van der Waals surface area contributed by atoms with Crippen molar-refractivity contribution in [3.05, 3.63) is 35.9 Å². The van der Waals surface area contributed by atoms with Crippen molar-refractivity contribution in [2.75, 3.05) is 13.7 Å². The van der Waals surface area contributed by atoms with E-state index in [1.807, 2.05) is 37.3 Å². The van der Waals surface area contributed by atoms with Gasteiger partial charge in [0.25, 0.3) is 0 Å². The molecule has 0 saturated carbocycles. The van der Waals surface area contributed by atoms with Gasteiger partial charge in [-0.2, -0.15) is 0 Å². The second kappa shape index (κ2) is 7.84. The summed E-state index contributed by atoms with van der Waals surface area (Å²) in [4.78, 5) is 11.8. The van der Waals surface area contributed by atoms with Crippen LogP contribution in [0.4, 0.5) is 0 Å². The highest BCUT2D eigenvalue weighted by Gasteiger charge is 2.15. The number of benzene rings is 1. The Labute approximate surface area is 109 Å². The fraction of sp³-hybridized carbons (Fsp3) is 0.500. The zero-order chi connectivity index (χ0) is 13.4. The Morgan fingerprint density at radius 1 is 1.39 bits per heavy atom. The molecule has 4 nitrogen and oxygen atoms in total. The molecular formula is C14H22N2O2. The molecule has 4 heteroatoms. The van der Waals surface area contributed by atoms with E-state index in [-0.39, 0.29) is 11.9 Å². The van der Waals surface area contributed by atoms with E-state index in [1.54, 1.807) is 7.11 Å². The number of ether oxygens (including phenoxy) is 1. The molecule has 100 valence electrons. The first kappa shape index (κ1) is 14.7. The van der Waals surface area contributed by atoms with E-state index >= 15 is 0 Å². The van der Waals surface area contributed by atoms with Gasteiger partial charge in [-0.3, -0.25) is 4.79 Å². The minimum absolute atomic E-state index is 0.0827. The van der Waals surface area contributed by atoms with Gasteiger partial charge in [-0.05, 0) is 25.3 Å². The van der Waals surface area contributed by atoms with Crippen LogP contribution in [0.25, 0.3) is 0 Å². The molecule has 0 radical (unpaired) electrons. The average molecular weight is 250 g/mol. The van der Waals surface area contributed by atoms with Crippen LogP contribution in [0.3, 0.4) is 0 Å². The zero-order valence-electron chi connectivity index (χ0n) is 11.1. The Balaban J connectivity index is 2.37. The van der Waals surface area contributed by atoms with E-state index in [1.165, 1.54) is 0 Å². The van der Waals surface area contributed by atoms with Crippen LogP contribution in [-0.4, -0.2) is 31.7 Å². The summed E-state index contributed by atoms with van der Waals surface area (Å²) in [5.41, 5.74) is 6.96. The van der Waals surface area contributed by atoms with Gasteiger partial charge < -0.3 is 15.8 Å². The normalized spacial score (nSPS) is 13.9. The van der Waals surface area contributed by atoms with Crippen molar-refractivity contribution in [1.82, 2.24) is 5.32 Å². The van der Waals surface area contributed by atoms with Crippen LogP contribution in [0.1, 0.15) is 18.9 Å². The van der Waals surface area contributed by atoms with Crippen molar-refractivity contribution in [3.63, 3.8) is 0 Å². The highest BCUT2D eigenvalue weighted by Crippen LogP contribution is 2.02. The first-order valence-electron chi connectivity index (χ1n) is 6.22. The maximum atomic E-state index is 11.8. The van der Waals surface area contributed by atoms with Crippen LogP contribution >= 0.6 is 0 Å². The van der Waals surface area contributed by atoms with Gasteiger partial charge in [-0.15, -0.1) is 0 Å². The largest absolute Gasteiger partial charge is 0.385 e. The lowest BCUT2D eigenvalue weighted by molar-refractivity contribution is -0.123. The summed E-state index contributed by atoms with van der Waals surface area (Å²) in [5, 5.41) is 2.89. The van der Waals surface area contributed by atoms with Gasteiger partial charge in [0.2, 0.25) is 5.91 Å². The molecule has 0 aliphatic rings. The lowest BCUT2D eigenvalue weighted by atomic mass is 10.1. The predicted octanol–water partition coefficient (Wildman–Crippen LogP) is 1.10. The van der Waals surface area contributed by atoms with E-state index in [2.05, 4.69) is 5.32 Å². The third-order valence-corrected chi connectivity index (χ3v) is 2.78. The molecule has 0 aliphatic carbocycles. The number of rotatable bonds is 7. The molecule has 1 aromatic rings. The first-order chi connectivity index (χ1) is 8.63. The molecule has 0 aromatic heterocycles. The van der Waals surface area contributed by atoms with Crippen molar-refractivity contribution in [2.24, 2.45) is 5.73 Å². The number of nitrogens with one attached hydrogen (secondary N) is 1. The Morgan fingerprint density at radius 2 is 2.06 bits per heavy atom. The number of amides is 1. The summed E-state index contributed by atoms with van der Waals surface area (Å²) in [6.45, 7) is 2.58. The summed E-state index contributed by atoms with van der Waals surface area (Å²) >= 11 is 0. The quantitative estimate of drug-likeness (QED) is 0.761. The van der Waals surface area contributed by atoms with Crippen LogP contribution in [-0.2, 0) is 16.0 Å². The molecule has 18 heavy (non-hydrogen) atoms. The van der Waals surface area contributed by atoms with Crippen LogP contribution in [0, 0.1) is 0 Å². The number of hydrogen-bond acceptors (Lipinski definition) is 3. The fourth-order valence-electron chi connectivity index (χ4n) is 1.68. The summed E-state index contributed by atoms with van der Waals surface area (Å²) in [6.07, 6.45) is 1.35. The lowest BCUT2D eigenvalue weighted by Crippen LogP contribution is -2.45. The van der Waals surface area contributed by atoms with Gasteiger partial charge in [0.1, 0.15) is 0 Å². The predicted molar refractivity (Wildman–Crippen MR) is 72.2 cm³/mol. The second-order valence-electron chi connectivity index (χ2n) is 4.49. The van der Waals surface area contributed by atoms with Crippen molar-refractivity contribution in [2.45, 2.75) is 31.8 Å². The first-order valence-corrected chi connectivity index (χ1v) is 6.22. The topological polar surface area (TPSA) is 64.3 Å².